The van der Waals surface area contributed by atoms with Crippen LogP contribution < -0.4 is 0 Å². The summed E-state index contributed by atoms with van der Waals surface area (Å²) in [4.78, 5) is 13.8. The summed E-state index contributed by atoms with van der Waals surface area (Å²) in [5.74, 6) is 0. The minimum absolute atomic E-state index is 0.125. The summed E-state index contributed by atoms with van der Waals surface area (Å²) >= 11 is 1.65. The summed E-state index contributed by atoms with van der Waals surface area (Å²) in [6.07, 6.45) is -3.45. The summed E-state index contributed by atoms with van der Waals surface area (Å²) < 4.78 is 37.8. The number of nitrogens with zero attached hydrogens (tertiary/aromatic N) is 2. The van der Waals surface area contributed by atoms with Crippen LogP contribution in [0.4, 0.5) is 18.9 Å². The van der Waals surface area contributed by atoms with Gasteiger partial charge in [-0.1, -0.05) is 0 Å². The Kier molecular flexibility index (Phi) is 3.13. The van der Waals surface area contributed by atoms with E-state index in [2.05, 4.69) is 4.98 Å². The number of nitro groups is 1. The van der Waals surface area contributed by atoms with Crippen molar-refractivity contribution in [3.63, 3.8) is 0 Å². The zero-order chi connectivity index (χ0) is 13.5. The Hall–Kier alpha value is -1.45. The summed E-state index contributed by atoms with van der Waals surface area (Å²) in [6.45, 7) is 0. The van der Waals surface area contributed by atoms with E-state index in [1.165, 1.54) is 6.07 Å². The molecule has 0 N–H and O–H groups in total. The summed E-state index contributed by atoms with van der Waals surface area (Å²) in [5, 5.41) is 10.8. The molecular formula is C10H4F3IN2O2. The van der Waals surface area contributed by atoms with Crippen LogP contribution in [0.15, 0.2) is 24.4 Å². The number of halogens is 4. The molecule has 0 fully saturated rings. The molecule has 1 aromatic carbocycles. The Morgan fingerprint density at radius 3 is 2.56 bits per heavy atom. The van der Waals surface area contributed by atoms with Crippen LogP contribution in [0.1, 0.15) is 5.56 Å². The van der Waals surface area contributed by atoms with E-state index in [1.807, 2.05) is 0 Å². The van der Waals surface area contributed by atoms with E-state index < -0.39 is 16.7 Å². The molecule has 2 rings (SSSR count). The first-order valence-electron chi connectivity index (χ1n) is 4.60. The fraction of sp³-hybridized carbons (Fsp3) is 0.100. The van der Waals surface area contributed by atoms with Crippen molar-refractivity contribution in [3.8, 4) is 0 Å². The van der Waals surface area contributed by atoms with Gasteiger partial charge < -0.3 is 0 Å². The Bertz CT molecular complexity index is 643. The van der Waals surface area contributed by atoms with Crippen molar-refractivity contribution >= 4 is 39.2 Å². The van der Waals surface area contributed by atoms with Gasteiger partial charge in [0.15, 0.2) is 0 Å². The number of pyridine rings is 1. The molecular weight excluding hydrogens is 364 g/mol. The average molecular weight is 368 g/mol. The Morgan fingerprint density at radius 2 is 2.00 bits per heavy atom. The molecule has 1 heterocycles. The Labute approximate surface area is 112 Å². The number of alkyl halides is 3. The monoisotopic (exact) mass is 368 g/mol. The maximum Gasteiger partial charge on any atom is 0.416 e. The molecule has 0 unspecified atom stereocenters. The highest BCUT2D eigenvalue weighted by atomic mass is 127. The third-order valence-electron chi connectivity index (χ3n) is 2.31. The maximum absolute atomic E-state index is 12.5. The number of hydrogen-bond acceptors (Lipinski definition) is 3. The van der Waals surface area contributed by atoms with Crippen LogP contribution in [-0.4, -0.2) is 9.91 Å². The van der Waals surface area contributed by atoms with Gasteiger partial charge in [-0.3, -0.25) is 10.1 Å². The Morgan fingerprint density at radius 1 is 1.33 bits per heavy atom. The van der Waals surface area contributed by atoms with Crippen molar-refractivity contribution in [2.24, 2.45) is 0 Å². The number of hydrogen-bond donors (Lipinski definition) is 0. The normalized spacial score (nSPS) is 11.8. The molecule has 8 heteroatoms. The van der Waals surface area contributed by atoms with Gasteiger partial charge in [0.1, 0.15) is 9.77 Å². The topological polar surface area (TPSA) is 56.0 Å². The van der Waals surface area contributed by atoms with Crippen LogP contribution >= 0.6 is 22.6 Å². The molecule has 0 aliphatic carbocycles. The van der Waals surface area contributed by atoms with E-state index in [0.29, 0.717) is 0 Å². The first-order chi connectivity index (χ1) is 8.30. The smallest absolute Gasteiger partial charge is 0.258 e. The van der Waals surface area contributed by atoms with Gasteiger partial charge >= 0.3 is 11.9 Å². The van der Waals surface area contributed by atoms with Crippen molar-refractivity contribution in [2.75, 3.05) is 0 Å². The van der Waals surface area contributed by atoms with E-state index in [0.717, 1.165) is 18.3 Å². The van der Waals surface area contributed by atoms with Gasteiger partial charge in [-0.05, 0) is 40.8 Å². The fourth-order valence-electron chi connectivity index (χ4n) is 1.45. The van der Waals surface area contributed by atoms with Crippen molar-refractivity contribution in [1.29, 1.82) is 0 Å². The molecule has 0 saturated heterocycles. The van der Waals surface area contributed by atoms with Crippen molar-refractivity contribution in [2.45, 2.75) is 6.18 Å². The van der Waals surface area contributed by atoms with Crippen LogP contribution in [0.5, 0.6) is 0 Å². The van der Waals surface area contributed by atoms with Crippen LogP contribution in [0.25, 0.3) is 10.9 Å². The molecule has 2 aromatic rings. The lowest BCUT2D eigenvalue weighted by molar-refractivity contribution is -0.386. The van der Waals surface area contributed by atoms with Crippen LogP contribution in [0.3, 0.4) is 0 Å². The zero-order valence-corrected chi connectivity index (χ0v) is 10.7. The fourth-order valence-corrected chi connectivity index (χ4v) is 2.22. The summed E-state index contributed by atoms with van der Waals surface area (Å²) in [7, 11) is 0. The molecule has 94 valence electrons. The second kappa shape index (κ2) is 4.34. The molecule has 0 saturated carbocycles. The molecule has 18 heavy (non-hydrogen) atoms. The minimum atomic E-state index is -4.48. The van der Waals surface area contributed by atoms with E-state index in [1.54, 1.807) is 22.6 Å². The van der Waals surface area contributed by atoms with Crippen molar-refractivity contribution in [1.82, 2.24) is 4.98 Å². The standard InChI is InChI=1S/C10H4F3IN2O2/c11-10(12,13)5-1-2-7-6(3-5)9(14)8(4-15-7)16(17)18/h1-4H. The lowest BCUT2D eigenvalue weighted by Gasteiger charge is -2.08. The zero-order valence-electron chi connectivity index (χ0n) is 8.53. The second-order valence-electron chi connectivity index (χ2n) is 3.44. The average Bonchev–Trinajstić information content (AvgIpc) is 2.27. The summed E-state index contributed by atoms with van der Waals surface area (Å²) in [5.41, 5.74) is -0.865. The molecule has 1 aromatic heterocycles. The first-order valence-corrected chi connectivity index (χ1v) is 5.68. The highest BCUT2D eigenvalue weighted by Gasteiger charge is 2.31. The number of aromatic nitrogens is 1. The quantitative estimate of drug-likeness (QED) is 0.438. The van der Waals surface area contributed by atoms with Gasteiger partial charge in [-0.25, -0.2) is 4.98 Å². The molecule has 0 aliphatic rings. The largest absolute Gasteiger partial charge is 0.416 e. The van der Waals surface area contributed by atoms with Crippen molar-refractivity contribution < 1.29 is 18.1 Å². The third-order valence-corrected chi connectivity index (χ3v) is 3.44. The molecule has 0 spiro atoms. The van der Waals surface area contributed by atoms with Crippen LogP contribution in [-0.2, 0) is 6.18 Å². The van der Waals surface area contributed by atoms with E-state index in [9.17, 15) is 23.3 Å². The third kappa shape index (κ3) is 2.24. The van der Waals surface area contributed by atoms with Gasteiger partial charge in [-0.2, -0.15) is 13.2 Å². The van der Waals surface area contributed by atoms with Crippen LogP contribution in [0.2, 0.25) is 0 Å². The van der Waals surface area contributed by atoms with Gasteiger partial charge in [0.05, 0.1) is 16.0 Å². The highest BCUT2D eigenvalue weighted by molar-refractivity contribution is 14.1. The molecule has 0 radical (unpaired) electrons. The molecule has 4 nitrogen and oxygen atoms in total. The lowest BCUT2D eigenvalue weighted by atomic mass is 10.1. The van der Waals surface area contributed by atoms with E-state index >= 15 is 0 Å². The van der Waals surface area contributed by atoms with Gasteiger partial charge in [0.25, 0.3) is 0 Å². The SMILES string of the molecule is O=[N+]([O-])c1cnc2ccc(C(F)(F)F)cc2c1I. The number of fused-ring (bicyclic) bond motifs is 1. The second-order valence-corrected chi connectivity index (χ2v) is 4.52. The lowest BCUT2D eigenvalue weighted by Crippen LogP contribution is -2.05. The molecule has 0 bridgehead atoms. The predicted molar refractivity (Wildman–Crippen MR) is 66.1 cm³/mol. The minimum Gasteiger partial charge on any atom is -0.258 e. The summed E-state index contributed by atoms with van der Waals surface area (Å²) in [6, 6.07) is 2.97. The first kappa shape index (κ1) is 13.0. The van der Waals surface area contributed by atoms with E-state index in [-0.39, 0.29) is 20.2 Å². The van der Waals surface area contributed by atoms with Crippen molar-refractivity contribution in [3.05, 3.63) is 43.6 Å². The number of rotatable bonds is 1. The van der Waals surface area contributed by atoms with Gasteiger partial charge in [-0.15, -0.1) is 0 Å². The molecule has 0 atom stereocenters. The molecule has 0 aliphatic heterocycles. The highest BCUT2D eigenvalue weighted by Crippen LogP contribution is 2.34. The van der Waals surface area contributed by atoms with Gasteiger partial charge in [0.2, 0.25) is 0 Å². The van der Waals surface area contributed by atoms with Crippen LogP contribution in [0, 0.1) is 13.7 Å². The maximum atomic E-state index is 12.5. The number of benzene rings is 1. The molecule has 0 amide bonds. The van der Waals surface area contributed by atoms with Gasteiger partial charge in [0, 0.05) is 5.39 Å². The predicted octanol–water partition coefficient (Wildman–Crippen LogP) is 3.77. The Balaban J connectivity index is 2.75. The van der Waals surface area contributed by atoms with E-state index in [4.69, 9.17) is 0 Å².